The zero-order valence-electron chi connectivity index (χ0n) is 14.1. The average molecular weight is 339 g/mol. The lowest BCUT2D eigenvalue weighted by Gasteiger charge is -2.34. The Hall–Kier alpha value is -2.73. The van der Waals surface area contributed by atoms with Crippen LogP contribution in [0.1, 0.15) is 17.0 Å². The molecule has 6 heteroatoms. The molecule has 1 saturated heterocycles. The van der Waals surface area contributed by atoms with Gasteiger partial charge in [-0.3, -0.25) is 14.6 Å². The SMILES string of the molecule is Cc1cccc(CNC(=O)[C@@H]2COCC(=O)N2Cc2ccccc2)n1. The molecule has 2 heterocycles. The quantitative estimate of drug-likeness (QED) is 0.895. The van der Waals surface area contributed by atoms with Gasteiger partial charge in [-0.1, -0.05) is 36.4 Å². The fourth-order valence-corrected chi connectivity index (χ4v) is 2.79. The molecule has 6 nitrogen and oxygen atoms in total. The number of carbonyl (C=O) groups is 2. The Labute approximate surface area is 146 Å². The zero-order valence-corrected chi connectivity index (χ0v) is 14.1. The normalized spacial score (nSPS) is 17.4. The Morgan fingerprint density at radius 3 is 2.80 bits per heavy atom. The van der Waals surface area contributed by atoms with E-state index in [4.69, 9.17) is 4.74 Å². The van der Waals surface area contributed by atoms with Crippen LogP contribution in [0.5, 0.6) is 0 Å². The Balaban J connectivity index is 1.67. The fraction of sp³-hybridized carbons (Fsp3) is 0.316. The monoisotopic (exact) mass is 339 g/mol. The van der Waals surface area contributed by atoms with Crippen LogP contribution in [0.4, 0.5) is 0 Å². The first-order chi connectivity index (χ1) is 12.1. The summed E-state index contributed by atoms with van der Waals surface area (Å²) in [5.41, 5.74) is 2.66. The second kappa shape index (κ2) is 7.90. The van der Waals surface area contributed by atoms with Gasteiger partial charge in [0.1, 0.15) is 12.6 Å². The summed E-state index contributed by atoms with van der Waals surface area (Å²) in [6, 6.07) is 14.7. The lowest BCUT2D eigenvalue weighted by atomic mass is 10.1. The molecular formula is C19H21N3O3. The molecule has 0 saturated carbocycles. The molecule has 3 rings (SSSR count). The number of nitrogens with zero attached hydrogens (tertiary/aromatic N) is 2. The van der Waals surface area contributed by atoms with Gasteiger partial charge < -0.3 is 15.0 Å². The molecule has 0 aliphatic carbocycles. The lowest BCUT2D eigenvalue weighted by molar-refractivity contribution is -0.155. The van der Waals surface area contributed by atoms with Crippen LogP contribution in [-0.4, -0.2) is 41.0 Å². The minimum Gasteiger partial charge on any atom is -0.369 e. The average Bonchev–Trinajstić information content (AvgIpc) is 2.62. The number of hydrogen-bond donors (Lipinski definition) is 1. The molecule has 0 spiro atoms. The second-order valence-electron chi connectivity index (χ2n) is 6.03. The summed E-state index contributed by atoms with van der Waals surface area (Å²) in [5, 5.41) is 2.86. The van der Waals surface area contributed by atoms with Crippen molar-refractivity contribution in [3.8, 4) is 0 Å². The van der Waals surface area contributed by atoms with E-state index in [9.17, 15) is 9.59 Å². The molecule has 1 aliphatic rings. The predicted octanol–water partition coefficient (Wildman–Crippen LogP) is 1.43. The van der Waals surface area contributed by atoms with Crippen molar-refractivity contribution in [2.45, 2.75) is 26.1 Å². The molecule has 1 N–H and O–H groups in total. The highest BCUT2D eigenvalue weighted by Gasteiger charge is 2.33. The first-order valence-corrected chi connectivity index (χ1v) is 8.25. The van der Waals surface area contributed by atoms with E-state index >= 15 is 0 Å². The van der Waals surface area contributed by atoms with Crippen LogP contribution in [-0.2, 0) is 27.4 Å². The van der Waals surface area contributed by atoms with E-state index in [1.807, 2.05) is 55.5 Å². The largest absolute Gasteiger partial charge is 0.369 e. The van der Waals surface area contributed by atoms with Crippen molar-refractivity contribution in [2.24, 2.45) is 0 Å². The van der Waals surface area contributed by atoms with Crippen LogP contribution in [0.25, 0.3) is 0 Å². The van der Waals surface area contributed by atoms with Crippen molar-refractivity contribution in [3.63, 3.8) is 0 Å². The van der Waals surface area contributed by atoms with E-state index in [1.54, 1.807) is 4.90 Å². The summed E-state index contributed by atoms with van der Waals surface area (Å²) in [4.78, 5) is 30.8. The third-order valence-corrected chi connectivity index (χ3v) is 4.09. The van der Waals surface area contributed by atoms with E-state index < -0.39 is 6.04 Å². The Bertz CT molecular complexity index is 749. The standard InChI is InChI=1S/C19H21N3O3/c1-14-6-5-9-16(21-14)10-20-19(24)17-12-25-13-18(23)22(17)11-15-7-3-2-4-8-15/h2-9,17H,10-13H2,1H3,(H,20,24)/t17-/m0/s1. The zero-order chi connectivity index (χ0) is 17.6. The first-order valence-electron chi connectivity index (χ1n) is 8.25. The van der Waals surface area contributed by atoms with Crippen molar-refractivity contribution in [1.82, 2.24) is 15.2 Å². The molecule has 1 fully saturated rings. The molecule has 130 valence electrons. The number of rotatable bonds is 5. The van der Waals surface area contributed by atoms with E-state index in [2.05, 4.69) is 10.3 Å². The highest BCUT2D eigenvalue weighted by atomic mass is 16.5. The Kier molecular flexibility index (Phi) is 5.40. The van der Waals surface area contributed by atoms with E-state index in [0.717, 1.165) is 17.0 Å². The van der Waals surface area contributed by atoms with Gasteiger partial charge in [0.25, 0.3) is 0 Å². The number of morpholine rings is 1. The van der Waals surface area contributed by atoms with Gasteiger partial charge in [0.2, 0.25) is 11.8 Å². The number of hydrogen-bond acceptors (Lipinski definition) is 4. The van der Waals surface area contributed by atoms with Gasteiger partial charge in [0.05, 0.1) is 18.8 Å². The van der Waals surface area contributed by atoms with Crippen molar-refractivity contribution >= 4 is 11.8 Å². The van der Waals surface area contributed by atoms with Gasteiger partial charge in [-0.2, -0.15) is 0 Å². The minimum absolute atomic E-state index is 0.00997. The predicted molar refractivity (Wildman–Crippen MR) is 92.4 cm³/mol. The summed E-state index contributed by atoms with van der Waals surface area (Å²) < 4.78 is 5.29. The summed E-state index contributed by atoms with van der Waals surface area (Å²) >= 11 is 0. The van der Waals surface area contributed by atoms with Gasteiger partial charge in [-0.25, -0.2) is 0 Å². The second-order valence-corrected chi connectivity index (χ2v) is 6.03. The van der Waals surface area contributed by atoms with Gasteiger partial charge in [0, 0.05) is 12.2 Å². The topological polar surface area (TPSA) is 71.5 Å². The molecule has 1 aromatic heterocycles. The molecule has 1 aliphatic heterocycles. The molecule has 0 unspecified atom stereocenters. The van der Waals surface area contributed by atoms with Gasteiger partial charge in [-0.15, -0.1) is 0 Å². The summed E-state index contributed by atoms with van der Waals surface area (Å²) in [6.45, 7) is 2.83. The molecule has 0 radical (unpaired) electrons. The minimum atomic E-state index is -0.633. The van der Waals surface area contributed by atoms with E-state index in [0.29, 0.717) is 13.1 Å². The molecule has 1 aromatic carbocycles. The third-order valence-electron chi connectivity index (χ3n) is 4.09. The van der Waals surface area contributed by atoms with Crippen LogP contribution in [0.3, 0.4) is 0 Å². The number of ether oxygens (including phenoxy) is 1. The molecule has 2 amide bonds. The molecular weight excluding hydrogens is 318 g/mol. The van der Waals surface area contributed by atoms with Gasteiger partial charge in [-0.05, 0) is 24.6 Å². The van der Waals surface area contributed by atoms with Crippen molar-refractivity contribution in [1.29, 1.82) is 0 Å². The van der Waals surface area contributed by atoms with Gasteiger partial charge >= 0.3 is 0 Å². The number of amides is 2. The summed E-state index contributed by atoms with van der Waals surface area (Å²) in [6.07, 6.45) is 0. The number of pyridine rings is 1. The number of aromatic nitrogens is 1. The highest BCUT2D eigenvalue weighted by molar-refractivity contribution is 5.89. The third kappa shape index (κ3) is 4.42. The first kappa shape index (κ1) is 17.1. The maximum atomic E-state index is 12.6. The lowest BCUT2D eigenvalue weighted by Crippen LogP contribution is -2.55. The fourth-order valence-electron chi connectivity index (χ4n) is 2.79. The van der Waals surface area contributed by atoms with Crippen LogP contribution >= 0.6 is 0 Å². The Morgan fingerprint density at radius 1 is 1.24 bits per heavy atom. The number of aryl methyl sites for hydroxylation is 1. The van der Waals surface area contributed by atoms with Crippen molar-refractivity contribution in [2.75, 3.05) is 13.2 Å². The highest BCUT2D eigenvalue weighted by Crippen LogP contribution is 2.14. The Morgan fingerprint density at radius 2 is 2.04 bits per heavy atom. The van der Waals surface area contributed by atoms with Crippen LogP contribution in [0, 0.1) is 6.92 Å². The molecule has 2 aromatic rings. The number of benzene rings is 1. The van der Waals surface area contributed by atoms with Crippen LogP contribution in [0.2, 0.25) is 0 Å². The number of carbonyl (C=O) groups excluding carboxylic acids is 2. The molecule has 1 atom stereocenters. The van der Waals surface area contributed by atoms with Crippen LogP contribution < -0.4 is 5.32 Å². The summed E-state index contributed by atoms with van der Waals surface area (Å²) in [5.74, 6) is -0.406. The molecule has 0 bridgehead atoms. The van der Waals surface area contributed by atoms with Crippen LogP contribution in [0.15, 0.2) is 48.5 Å². The number of nitrogens with one attached hydrogen (secondary N) is 1. The smallest absolute Gasteiger partial charge is 0.249 e. The molecule has 25 heavy (non-hydrogen) atoms. The van der Waals surface area contributed by atoms with E-state index in [-0.39, 0.29) is 25.0 Å². The van der Waals surface area contributed by atoms with Crippen molar-refractivity contribution < 1.29 is 14.3 Å². The maximum absolute atomic E-state index is 12.6. The van der Waals surface area contributed by atoms with Crippen molar-refractivity contribution in [3.05, 3.63) is 65.5 Å². The maximum Gasteiger partial charge on any atom is 0.249 e. The van der Waals surface area contributed by atoms with E-state index in [1.165, 1.54) is 0 Å². The van der Waals surface area contributed by atoms with Gasteiger partial charge in [0.15, 0.2) is 0 Å². The summed E-state index contributed by atoms with van der Waals surface area (Å²) in [7, 11) is 0.